The third-order valence-corrected chi connectivity index (χ3v) is 2.22. The topological polar surface area (TPSA) is 0 Å². The quantitative estimate of drug-likeness (QED) is 0.361. The molecule has 0 nitrogen and oxygen atoms in total. The molecule has 0 unspecified atom stereocenters. The molecule has 0 saturated heterocycles. The molecule has 0 N–H and O–H groups in total. The maximum absolute atomic E-state index is 2.00. The van der Waals surface area contributed by atoms with Gasteiger partial charge in [0, 0.05) is 0 Å². The monoisotopic (exact) mass is 350 g/mol. The van der Waals surface area contributed by atoms with Crippen molar-refractivity contribution in [3.8, 4) is 0 Å². The van der Waals surface area contributed by atoms with Gasteiger partial charge >= 0.3 is 26.2 Å². The first-order valence-electron chi connectivity index (χ1n) is 6.67. The van der Waals surface area contributed by atoms with Crippen molar-refractivity contribution in [1.29, 1.82) is 0 Å². The normalized spacial score (nSPS) is 7.62. The summed E-state index contributed by atoms with van der Waals surface area (Å²) in [6.07, 6.45) is 0. The number of hydrogen-bond donors (Lipinski definition) is 0. The van der Waals surface area contributed by atoms with Gasteiger partial charge in [-0.1, -0.05) is 0 Å². The van der Waals surface area contributed by atoms with Crippen LogP contribution in [-0.4, -0.2) is 0 Å². The van der Waals surface area contributed by atoms with E-state index in [1.807, 2.05) is 121 Å². The van der Waals surface area contributed by atoms with Crippen molar-refractivity contribution in [2.75, 3.05) is 0 Å². The second-order valence-electron chi connectivity index (χ2n) is 3.85. The van der Waals surface area contributed by atoms with Gasteiger partial charge in [0.1, 0.15) is 0 Å². The van der Waals surface area contributed by atoms with Crippen LogP contribution in [0.3, 0.4) is 0 Å². The van der Waals surface area contributed by atoms with Crippen molar-refractivity contribution in [3.63, 3.8) is 0 Å². The molecule has 0 fully saturated rings. The fourth-order valence-electron chi connectivity index (χ4n) is 1.28. The van der Waals surface area contributed by atoms with Gasteiger partial charge in [-0.3, -0.25) is 0 Å². The van der Waals surface area contributed by atoms with Gasteiger partial charge < -0.3 is 0 Å². The van der Waals surface area contributed by atoms with E-state index in [1.54, 1.807) is 0 Å². The Morgan fingerprint density at radius 3 is 0.476 bits per heavy atom. The largest absolute Gasteiger partial charge is 4.00 e. The molecule has 0 amide bonds. The summed E-state index contributed by atoms with van der Waals surface area (Å²) in [6, 6.07) is 40.0. The Morgan fingerprint density at radius 1 is 0.286 bits per heavy atom. The standard InChI is InChI=1S/4C5H5.Zr/c4*1-2-4-5-3-1;/h4*1-5H;/q4*-1;+4. The average molecular weight is 352 g/mol. The van der Waals surface area contributed by atoms with Crippen LogP contribution < -0.4 is 0 Å². The molecule has 4 rings (SSSR count). The first-order valence-corrected chi connectivity index (χ1v) is 6.67. The summed E-state index contributed by atoms with van der Waals surface area (Å²) in [6.45, 7) is 0. The first kappa shape index (κ1) is 19.3. The fourth-order valence-corrected chi connectivity index (χ4v) is 1.28. The van der Waals surface area contributed by atoms with E-state index >= 15 is 0 Å². The van der Waals surface area contributed by atoms with E-state index in [1.165, 1.54) is 0 Å². The molecule has 0 aromatic heterocycles. The molecule has 104 valence electrons. The molecule has 0 spiro atoms. The SMILES string of the molecule is [Zr+4].c1cc[cH-]c1.c1cc[cH-]c1.c1cc[cH-]c1.c1cc[cH-]c1. The van der Waals surface area contributed by atoms with E-state index in [9.17, 15) is 0 Å². The fraction of sp³-hybridized carbons (Fsp3) is 0. The summed E-state index contributed by atoms with van der Waals surface area (Å²) in [5, 5.41) is 0. The van der Waals surface area contributed by atoms with E-state index in [0.717, 1.165) is 0 Å². The van der Waals surface area contributed by atoms with Gasteiger partial charge in [0.2, 0.25) is 0 Å². The number of hydrogen-bond acceptors (Lipinski definition) is 0. The zero-order valence-corrected chi connectivity index (χ0v) is 14.5. The van der Waals surface area contributed by atoms with Crippen LogP contribution in [0.25, 0.3) is 0 Å². The summed E-state index contributed by atoms with van der Waals surface area (Å²) in [7, 11) is 0. The molecule has 0 atom stereocenters. The minimum absolute atomic E-state index is 0. The Morgan fingerprint density at radius 2 is 0.429 bits per heavy atom. The molecule has 0 aliphatic rings. The van der Waals surface area contributed by atoms with E-state index in [2.05, 4.69) is 0 Å². The van der Waals surface area contributed by atoms with E-state index in [0.29, 0.717) is 0 Å². The third-order valence-electron chi connectivity index (χ3n) is 2.22. The van der Waals surface area contributed by atoms with Crippen molar-refractivity contribution in [2.24, 2.45) is 0 Å². The molecular weight excluding hydrogens is 331 g/mol. The van der Waals surface area contributed by atoms with Crippen molar-refractivity contribution >= 4 is 0 Å². The van der Waals surface area contributed by atoms with Gasteiger partial charge in [-0.25, -0.2) is 48.5 Å². The van der Waals surface area contributed by atoms with Gasteiger partial charge in [-0.15, -0.1) is 0 Å². The van der Waals surface area contributed by atoms with Crippen LogP contribution in [0.15, 0.2) is 121 Å². The van der Waals surface area contributed by atoms with Crippen LogP contribution in [0.5, 0.6) is 0 Å². The molecule has 0 aliphatic heterocycles. The smallest absolute Gasteiger partial charge is 0.214 e. The molecule has 0 bridgehead atoms. The van der Waals surface area contributed by atoms with Gasteiger partial charge in [-0.2, -0.15) is 72.8 Å². The van der Waals surface area contributed by atoms with Gasteiger partial charge in [0.05, 0.1) is 0 Å². The zero-order valence-electron chi connectivity index (χ0n) is 12.0. The first-order chi connectivity index (χ1) is 10.0. The Bertz CT molecular complexity index is 337. The van der Waals surface area contributed by atoms with E-state index in [4.69, 9.17) is 0 Å². The van der Waals surface area contributed by atoms with Crippen LogP contribution in [0, 0.1) is 0 Å². The molecule has 0 aliphatic carbocycles. The Balaban J connectivity index is 0.000000250. The van der Waals surface area contributed by atoms with E-state index in [-0.39, 0.29) is 26.2 Å². The second kappa shape index (κ2) is 16.3. The van der Waals surface area contributed by atoms with Crippen molar-refractivity contribution in [2.45, 2.75) is 0 Å². The Kier molecular flexibility index (Phi) is 15.0. The second-order valence-corrected chi connectivity index (χ2v) is 3.85. The minimum Gasteiger partial charge on any atom is -0.214 e. The Hall–Kier alpha value is -1.72. The molecule has 0 saturated carbocycles. The maximum atomic E-state index is 2.00. The maximum Gasteiger partial charge on any atom is 4.00 e. The van der Waals surface area contributed by atoms with Crippen LogP contribution in [0.1, 0.15) is 0 Å². The van der Waals surface area contributed by atoms with Gasteiger partial charge in [-0.05, 0) is 0 Å². The van der Waals surface area contributed by atoms with Crippen LogP contribution in [-0.2, 0) is 26.2 Å². The van der Waals surface area contributed by atoms with Crippen molar-refractivity contribution in [1.82, 2.24) is 0 Å². The van der Waals surface area contributed by atoms with Crippen LogP contribution in [0.4, 0.5) is 0 Å². The molecule has 21 heavy (non-hydrogen) atoms. The van der Waals surface area contributed by atoms with Crippen molar-refractivity contribution in [3.05, 3.63) is 121 Å². The van der Waals surface area contributed by atoms with Gasteiger partial charge in [0.15, 0.2) is 0 Å². The minimum atomic E-state index is 0. The average Bonchev–Trinajstić information content (AvgIpc) is 3.40. The van der Waals surface area contributed by atoms with Crippen LogP contribution in [0.2, 0.25) is 0 Å². The summed E-state index contributed by atoms with van der Waals surface area (Å²) < 4.78 is 0. The van der Waals surface area contributed by atoms with Crippen LogP contribution >= 0.6 is 0 Å². The Labute approximate surface area is 147 Å². The van der Waals surface area contributed by atoms with Gasteiger partial charge in [0.25, 0.3) is 0 Å². The summed E-state index contributed by atoms with van der Waals surface area (Å²) in [5.41, 5.74) is 0. The molecule has 4 aromatic rings. The predicted octanol–water partition coefficient (Wildman–Crippen LogP) is 5.62. The summed E-state index contributed by atoms with van der Waals surface area (Å²) >= 11 is 0. The molecule has 0 heterocycles. The zero-order chi connectivity index (χ0) is 14.1. The number of rotatable bonds is 0. The predicted molar refractivity (Wildman–Crippen MR) is 88.1 cm³/mol. The molecular formula is C20H20Zr. The molecule has 1 heteroatoms. The molecule has 4 aromatic carbocycles. The summed E-state index contributed by atoms with van der Waals surface area (Å²) in [4.78, 5) is 0. The molecule has 0 radical (unpaired) electrons. The van der Waals surface area contributed by atoms with E-state index < -0.39 is 0 Å². The third kappa shape index (κ3) is 14.5. The summed E-state index contributed by atoms with van der Waals surface area (Å²) in [5.74, 6) is 0. The van der Waals surface area contributed by atoms with Crippen molar-refractivity contribution < 1.29 is 26.2 Å².